The highest BCUT2D eigenvalue weighted by Gasteiger charge is 2.49. The lowest BCUT2D eigenvalue weighted by Crippen LogP contribution is -2.42. The van der Waals surface area contributed by atoms with Crippen LogP contribution in [-0.2, 0) is 15.1 Å². The van der Waals surface area contributed by atoms with E-state index in [-0.39, 0.29) is 11.3 Å². The highest BCUT2D eigenvalue weighted by molar-refractivity contribution is 6.31. The number of anilines is 1. The van der Waals surface area contributed by atoms with Crippen LogP contribution in [0.1, 0.15) is 23.6 Å². The van der Waals surface area contributed by atoms with Gasteiger partial charge < -0.3 is 10.6 Å². The Hall–Kier alpha value is -3.37. The van der Waals surface area contributed by atoms with E-state index in [1.54, 1.807) is 19.1 Å². The molecule has 0 aliphatic carbocycles. The molecule has 7 nitrogen and oxygen atoms in total. The number of nitrogens with zero attached hydrogens (tertiary/aromatic N) is 2. The first-order valence-electron chi connectivity index (χ1n) is 8.45. The second-order valence-corrected chi connectivity index (χ2v) is 7.10. The van der Waals surface area contributed by atoms with Gasteiger partial charge in [-0.2, -0.15) is 5.26 Å². The van der Waals surface area contributed by atoms with Gasteiger partial charge in [0, 0.05) is 5.02 Å². The SMILES string of the molecule is Cc1ccc(C2(C)NC(=O)N(CC(=O)Nc3cc(Cl)ccc3C#N)C2=O)cc1. The predicted molar refractivity (Wildman–Crippen MR) is 104 cm³/mol. The van der Waals surface area contributed by atoms with Crippen LogP contribution in [0.15, 0.2) is 42.5 Å². The molecule has 4 amide bonds. The Bertz CT molecular complexity index is 1010. The van der Waals surface area contributed by atoms with Crippen molar-refractivity contribution in [2.75, 3.05) is 11.9 Å². The van der Waals surface area contributed by atoms with Crippen LogP contribution in [-0.4, -0.2) is 29.3 Å². The molecule has 0 spiro atoms. The van der Waals surface area contributed by atoms with Crippen molar-refractivity contribution in [1.29, 1.82) is 5.26 Å². The number of halogens is 1. The molecule has 142 valence electrons. The fourth-order valence-corrected chi connectivity index (χ4v) is 3.15. The lowest BCUT2D eigenvalue weighted by molar-refractivity contribution is -0.133. The van der Waals surface area contributed by atoms with E-state index < -0.39 is 29.9 Å². The van der Waals surface area contributed by atoms with Crippen molar-refractivity contribution < 1.29 is 14.4 Å². The molecule has 8 heteroatoms. The Morgan fingerprint density at radius 3 is 2.57 bits per heavy atom. The number of carbonyl (C=O) groups excluding carboxylic acids is 3. The Kier molecular flexibility index (Phi) is 5.08. The minimum Gasteiger partial charge on any atom is -0.323 e. The predicted octanol–water partition coefficient (Wildman–Crippen LogP) is 2.93. The van der Waals surface area contributed by atoms with Crippen LogP contribution in [0.3, 0.4) is 0 Å². The standard InChI is InChI=1S/C20H17ClN4O3/c1-12-3-6-14(7-4-12)20(2)18(27)25(19(28)24-20)11-17(26)23-16-9-15(21)8-5-13(16)10-22/h3-9H,11H2,1-2H3,(H,23,26)(H,24,28). The maximum Gasteiger partial charge on any atom is 0.325 e. The largest absolute Gasteiger partial charge is 0.325 e. The van der Waals surface area contributed by atoms with E-state index in [2.05, 4.69) is 10.6 Å². The molecule has 0 radical (unpaired) electrons. The Morgan fingerprint density at radius 2 is 1.93 bits per heavy atom. The smallest absolute Gasteiger partial charge is 0.323 e. The number of rotatable bonds is 4. The maximum absolute atomic E-state index is 12.9. The summed E-state index contributed by atoms with van der Waals surface area (Å²) in [6.45, 7) is 3.03. The minimum atomic E-state index is -1.25. The van der Waals surface area contributed by atoms with E-state index in [4.69, 9.17) is 16.9 Å². The molecule has 2 aromatic rings. The molecule has 0 bridgehead atoms. The fourth-order valence-electron chi connectivity index (χ4n) is 2.97. The summed E-state index contributed by atoms with van der Waals surface area (Å²) in [6, 6.07) is 12.9. The summed E-state index contributed by atoms with van der Waals surface area (Å²) >= 11 is 5.90. The number of amides is 4. The number of hydrogen-bond acceptors (Lipinski definition) is 4. The van der Waals surface area contributed by atoms with Gasteiger partial charge in [-0.3, -0.25) is 14.5 Å². The lowest BCUT2D eigenvalue weighted by Gasteiger charge is -2.22. The molecule has 1 unspecified atom stereocenters. The number of aryl methyl sites for hydroxylation is 1. The first kappa shape index (κ1) is 19.4. The number of nitrogens with one attached hydrogen (secondary N) is 2. The van der Waals surface area contributed by atoms with Crippen LogP contribution in [0.2, 0.25) is 5.02 Å². The summed E-state index contributed by atoms with van der Waals surface area (Å²) < 4.78 is 0. The molecular weight excluding hydrogens is 380 g/mol. The summed E-state index contributed by atoms with van der Waals surface area (Å²) in [5.41, 5.74) is 0.836. The normalized spacial score (nSPS) is 18.6. The zero-order chi connectivity index (χ0) is 20.5. The molecule has 0 saturated carbocycles. The van der Waals surface area contributed by atoms with E-state index in [0.717, 1.165) is 10.5 Å². The van der Waals surface area contributed by atoms with Gasteiger partial charge >= 0.3 is 6.03 Å². The molecule has 28 heavy (non-hydrogen) atoms. The molecule has 1 atom stereocenters. The second-order valence-electron chi connectivity index (χ2n) is 6.66. The van der Waals surface area contributed by atoms with E-state index in [1.165, 1.54) is 18.2 Å². The van der Waals surface area contributed by atoms with Gasteiger partial charge in [-0.1, -0.05) is 41.4 Å². The van der Waals surface area contributed by atoms with Gasteiger partial charge in [-0.25, -0.2) is 4.79 Å². The van der Waals surface area contributed by atoms with Crippen molar-refractivity contribution in [1.82, 2.24) is 10.2 Å². The summed E-state index contributed by atoms with van der Waals surface area (Å²) in [6.07, 6.45) is 0. The quantitative estimate of drug-likeness (QED) is 0.775. The van der Waals surface area contributed by atoms with Crippen LogP contribution in [0, 0.1) is 18.3 Å². The fraction of sp³-hybridized carbons (Fsp3) is 0.200. The van der Waals surface area contributed by atoms with Gasteiger partial charge in [0.05, 0.1) is 11.3 Å². The first-order valence-corrected chi connectivity index (χ1v) is 8.83. The molecule has 2 N–H and O–H groups in total. The van der Waals surface area contributed by atoms with Gasteiger partial charge in [-0.05, 0) is 37.6 Å². The van der Waals surface area contributed by atoms with Crippen LogP contribution in [0.5, 0.6) is 0 Å². The third kappa shape index (κ3) is 3.55. The zero-order valence-corrected chi connectivity index (χ0v) is 16.0. The Balaban J connectivity index is 1.78. The average Bonchev–Trinajstić information content (AvgIpc) is 2.86. The molecule has 3 rings (SSSR count). The van der Waals surface area contributed by atoms with Crippen LogP contribution in [0.4, 0.5) is 10.5 Å². The van der Waals surface area contributed by atoms with Gasteiger partial charge in [-0.15, -0.1) is 0 Å². The Morgan fingerprint density at radius 1 is 1.25 bits per heavy atom. The van der Waals surface area contributed by atoms with E-state index >= 15 is 0 Å². The van der Waals surface area contributed by atoms with Crippen molar-refractivity contribution in [3.8, 4) is 6.07 Å². The first-order chi connectivity index (χ1) is 13.2. The summed E-state index contributed by atoms with van der Waals surface area (Å²) in [5, 5.41) is 14.7. The van der Waals surface area contributed by atoms with E-state index in [1.807, 2.05) is 25.1 Å². The van der Waals surface area contributed by atoms with Crippen molar-refractivity contribution in [3.05, 3.63) is 64.2 Å². The van der Waals surface area contributed by atoms with E-state index in [9.17, 15) is 14.4 Å². The van der Waals surface area contributed by atoms with Crippen molar-refractivity contribution in [3.63, 3.8) is 0 Å². The maximum atomic E-state index is 12.9. The summed E-state index contributed by atoms with van der Waals surface area (Å²) in [4.78, 5) is 38.5. The summed E-state index contributed by atoms with van der Waals surface area (Å²) in [5.74, 6) is -1.14. The van der Waals surface area contributed by atoms with Crippen LogP contribution < -0.4 is 10.6 Å². The molecule has 0 aromatic heterocycles. The number of imide groups is 1. The molecule has 2 aromatic carbocycles. The number of benzene rings is 2. The third-order valence-electron chi connectivity index (χ3n) is 4.58. The highest BCUT2D eigenvalue weighted by atomic mass is 35.5. The molecule has 1 fully saturated rings. The molecule has 1 aliphatic heterocycles. The topological polar surface area (TPSA) is 102 Å². The minimum absolute atomic E-state index is 0.216. The van der Waals surface area contributed by atoms with Gasteiger partial charge in [0.15, 0.2) is 0 Å². The number of urea groups is 1. The molecule has 1 saturated heterocycles. The van der Waals surface area contributed by atoms with Crippen molar-refractivity contribution >= 4 is 35.1 Å². The van der Waals surface area contributed by atoms with E-state index in [0.29, 0.717) is 10.6 Å². The van der Waals surface area contributed by atoms with Crippen LogP contribution in [0.25, 0.3) is 0 Å². The average molecular weight is 397 g/mol. The molecule has 1 heterocycles. The van der Waals surface area contributed by atoms with Gasteiger partial charge in [0.2, 0.25) is 5.91 Å². The highest BCUT2D eigenvalue weighted by Crippen LogP contribution is 2.29. The van der Waals surface area contributed by atoms with Gasteiger partial charge in [0.25, 0.3) is 5.91 Å². The molecule has 1 aliphatic rings. The number of carbonyl (C=O) groups is 3. The van der Waals surface area contributed by atoms with Gasteiger partial charge in [0.1, 0.15) is 18.2 Å². The monoisotopic (exact) mass is 396 g/mol. The third-order valence-corrected chi connectivity index (χ3v) is 4.82. The lowest BCUT2D eigenvalue weighted by atomic mass is 9.91. The molecular formula is C20H17ClN4O3. The summed E-state index contributed by atoms with van der Waals surface area (Å²) in [7, 11) is 0. The van der Waals surface area contributed by atoms with Crippen molar-refractivity contribution in [2.24, 2.45) is 0 Å². The van der Waals surface area contributed by atoms with Crippen molar-refractivity contribution in [2.45, 2.75) is 19.4 Å². The van der Waals surface area contributed by atoms with Crippen LogP contribution >= 0.6 is 11.6 Å². The zero-order valence-electron chi connectivity index (χ0n) is 15.2. The number of hydrogen-bond donors (Lipinski definition) is 2. The second kappa shape index (κ2) is 7.33. The Labute approximate surface area is 166 Å². The number of nitriles is 1.